The van der Waals surface area contributed by atoms with Gasteiger partial charge in [-0.05, 0) is 31.5 Å². The number of likely N-dealkylation sites (tertiary alicyclic amines) is 1. The zero-order chi connectivity index (χ0) is 13.8. The Morgan fingerprint density at radius 3 is 2.95 bits per heavy atom. The molecular formula is C12H18N4O2S. The Hall–Kier alpha value is -1.44. The summed E-state index contributed by atoms with van der Waals surface area (Å²) in [5, 5.41) is 0. The minimum Gasteiger partial charge on any atom is -0.369 e. The SMILES string of the molecule is NNC(=O)c1ccc(CN2CCCC(C(N)=O)C2)s1. The Bertz CT molecular complexity index is 474. The van der Waals surface area contributed by atoms with E-state index in [1.165, 1.54) is 11.3 Å². The van der Waals surface area contributed by atoms with Gasteiger partial charge in [0.1, 0.15) is 0 Å². The quantitative estimate of drug-likeness (QED) is 0.412. The fourth-order valence-electron chi connectivity index (χ4n) is 2.31. The second-order valence-corrected chi connectivity index (χ2v) is 5.88. The van der Waals surface area contributed by atoms with Crippen molar-refractivity contribution in [2.45, 2.75) is 19.4 Å². The van der Waals surface area contributed by atoms with Crippen LogP contribution in [0.3, 0.4) is 0 Å². The van der Waals surface area contributed by atoms with Crippen molar-refractivity contribution in [3.63, 3.8) is 0 Å². The molecule has 0 aromatic carbocycles. The molecule has 0 radical (unpaired) electrons. The summed E-state index contributed by atoms with van der Waals surface area (Å²) in [4.78, 5) is 26.5. The van der Waals surface area contributed by atoms with Crippen molar-refractivity contribution in [2.24, 2.45) is 17.5 Å². The number of amides is 2. The summed E-state index contributed by atoms with van der Waals surface area (Å²) in [6, 6.07) is 3.68. The molecule has 1 atom stereocenters. The van der Waals surface area contributed by atoms with Gasteiger partial charge in [0.15, 0.2) is 0 Å². The van der Waals surface area contributed by atoms with Crippen LogP contribution in [-0.4, -0.2) is 29.8 Å². The van der Waals surface area contributed by atoms with Crippen LogP contribution in [-0.2, 0) is 11.3 Å². The first-order valence-corrected chi connectivity index (χ1v) is 7.03. The molecule has 0 aliphatic carbocycles. The lowest BCUT2D eigenvalue weighted by atomic mass is 9.97. The summed E-state index contributed by atoms with van der Waals surface area (Å²) < 4.78 is 0. The molecule has 0 spiro atoms. The fourth-order valence-corrected chi connectivity index (χ4v) is 3.26. The third-order valence-electron chi connectivity index (χ3n) is 3.30. The first kappa shape index (κ1) is 14.0. The monoisotopic (exact) mass is 282 g/mol. The second kappa shape index (κ2) is 6.14. The Kier molecular flexibility index (Phi) is 4.52. The number of hydrogen-bond acceptors (Lipinski definition) is 5. The van der Waals surface area contributed by atoms with Crippen molar-refractivity contribution >= 4 is 23.2 Å². The molecule has 1 aliphatic heterocycles. The molecule has 104 valence electrons. The smallest absolute Gasteiger partial charge is 0.275 e. The molecule has 2 rings (SSSR count). The molecule has 2 heterocycles. The molecule has 0 saturated carbocycles. The highest BCUT2D eigenvalue weighted by Crippen LogP contribution is 2.22. The van der Waals surface area contributed by atoms with Gasteiger partial charge < -0.3 is 5.73 Å². The number of piperidine rings is 1. The van der Waals surface area contributed by atoms with Crippen LogP contribution in [0.25, 0.3) is 0 Å². The lowest BCUT2D eigenvalue weighted by molar-refractivity contribution is -0.123. The number of primary amides is 1. The summed E-state index contributed by atoms with van der Waals surface area (Å²) in [5.41, 5.74) is 7.47. The number of hydrogen-bond donors (Lipinski definition) is 3. The van der Waals surface area contributed by atoms with Crippen LogP contribution in [0.2, 0.25) is 0 Å². The Morgan fingerprint density at radius 2 is 2.26 bits per heavy atom. The minimum absolute atomic E-state index is 0.0551. The van der Waals surface area contributed by atoms with Crippen molar-refractivity contribution in [1.82, 2.24) is 10.3 Å². The van der Waals surface area contributed by atoms with Gasteiger partial charge in [-0.2, -0.15) is 0 Å². The van der Waals surface area contributed by atoms with Crippen LogP contribution in [0.5, 0.6) is 0 Å². The van der Waals surface area contributed by atoms with Gasteiger partial charge in [0.25, 0.3) is 5.91 Å². The van der Waals surface area contributed by atoms with Crippen LogP contribution >= 0.6 is 11.3 Å². The molecule has 0 bridgehead atoms. The molecule has 1 fully saturated rings. The average Bonchev–Trinajstić information content (AvgIpc) is 2.86. The lowest BCUT2D eigenvalue weighted by Crippen LogP contribution is -2.40. The number of thiophene rings is 1. The van der Waals surface area contributed by atoms with E-state index in [2.05, 4.69) is 10.3 Å². The van der Waals surface area contributed by atoms with Crippen molar-refractivity contribution in [1.29, 1.82) is 0 Å². The first-order valence-electron chi connectivity index (χ1n) is 6.21. The van der Waals surface area contributed by atoms with Gasteiger partial charge in [-0.15, -0.1) is 11.3 Å². The third kappa shape index (κ3) is 3.52. The summed E-state index contributed by atoms with van der Waals surface area (Å²) in [6.45, 7) is 2.40. The van der Waals surface area contributed by atoms with Gasteiger partial charge in [0, 0.05) is 18.0 Å². The standard InChI is InChI=1S/C12H18N4O2S/c13-11(17)8-2-1-5-16(6-8)7-9-3-4-10(19-9)12(18)15-14/h3-4,8H,1-2,5-7,14H2,(H2,13,17)(H,15,18). The minimum atomic E-state index is -0.273. The highest BCUT2D eigenvalue weighted by molar-refractivity contribution is 7.14. The highest BCUT2D eigenvalue weighted by Gasteiger charge is 2.24. The van der Waals surface area contributed by atoms with Gasteiger partial charge in [-0.3, -0.25) is 19.9 Å². The number of nitrogen functional groups attached to an aromatic ring is 1. The summed E-state index contributed by atoms with van der Waals surface area (Å²) in [6.07, 6.45) is 1.85. The molecule has 2 amide bonds. The molecule has 1 aliphatic rings. The van der Waals surface area contributed by atoms with E-state index >= 15 is 0 Å². The zero-order valence-corrected chi connectivity index (χ0v) is 11.4. The maximum atomic E-state index is 11.4. The fraction of sp³-hybridized carbons (Fsp3) is 0.500. The number of hydrazine groups is 1. The average molecular weight is 282 g/mol. The largest absolute Gasteiger partial charge is 0.369 e. The van der Waals surface area contributed by atoms with E-state index in [-0.39, 0.29) is 17.7 Å². The van der Waals surface area contributed by atoms with Gasteiger partial charge in [0.2, 0.25) is 5.91 Å². The van der Waals surface area contributed by atoms with Gasteiger partial charge >= 0.3 is 0 Å². The normalized spacial score (nSPS) is 20.2. The number of carbonyl (C=O) groups excluding carboxylic acids is 2. The van der Waals surface area contributed by atoms with E-state index in [0.717, 1.165) is 30.8 Å². The number of nitrogens with zero attached hydrogens (tertiary/aromatic N) is 1. The molecule has 1 saturated heterocycles. The van der Waals surface area contributed by atoms with Crippen molar-refractivity contribution < 1.29 is 9.59 Å². The molecule has 1 aromatic rings. The van der Waals surface area contributed by atoms with E-state index in [9.17, 15) is 9.59 Å². The van der Waals surface area contributed by atoms with Crippen LogP contribution < -0.4 is 17.0 Å². The number of carbonyl (C=O) groups is 2. The lowest BCUT2D eigenvalue weighted by Gasteiger charge is -2.30. The maximum absolute atomic E-state index is 11.4. The molecule has 19 heavy (non-hydrogen) atoms. The van der Waals surface area contributed by atoms with Gasteiger partial charge in [-0.25, -0.2) is 5.84 Å². The molecular weight excluding hydrogens is 264 g/mol. The predicted molar refractivity (Wildman–Crippen MR) is 73.2 cm³/mol. The Labute approximate surface area is 115 Å². The summed E-state index contributed by atoms with van der Waals surface area (Å²) >= 11 is 1.42. The number of nitrogens with one attached hydrogen (secondary N) is 1. The van der Waals surface area contributed by atoms with Gasteiger partial charge in [0.05, 0.1) is 10.8 Å². The highest BCUT2D eigenvalue weighted by atomic mass is 32.1. The number of rotatable bonds is 4. The van der Waals surface area contributed by atoms with Crippen molar-refractivity contribution in [2.75, 3.05) is 13.1 Å². The Balaban J connectivity index is 1.95. The first-order chi connectivity index (χ1) is 9.10. The predicted octanol–water partition coefficient (Wildman–Crippen LogP) is 0.0489. The topological polar surface area (TPSA) is 101 Å². The van der Waals surface area contributed by atoms with E-state index in [1.54, 1.807) is 6.07 Å². The van der Waals surface area contributed by atoms with E-state index in [1.807, 2.05) is 6.07 Å². The van der Waals surface area contributed by atoms with Crippen LogP contribution in [0.1, 0.15) is 27.4 Å². The van der Waals surface area contributed by atoms with Gasteiger partial charge in [-0.1, -0.05) is 0 Å². The van der Waals surface area contributed by atoms with Crippen LogP contribution in [0.4, 0.5) is 0 Å². The summed E-state index contributed by atoms with van der Waals surface area (Å²) in [5.74, 6) is 4.54. The zero-order valence-electron chi connectivity index (χ0n) is 10.6. The number of nitrogens with two attached hydrogens (primary N) is 2. The van der Waals surface area contributed by atoms with E-state index < -0.39 is 0 Å². The molecule has 6 nitrogen and oxygen atoms in total. The van der Waals surface area contributed by atoms with E-state index in [4.69, 9.17) is 11.6 Å². The maximum Gasteiger partial charge on any atom is 0.275 e. The van der Waals surface area contributed by atoms with Crippen LogP contribution in [0, 0.1) is 5.92 Å². The van der Waals surface area contributed by atoms with Crippen molar-refractivity contribution in [3.05, 3.63) is 21.9 Å². The molecule has 7 heteroatoms. The Morgan fingerprint density at radius 1 is 1.47 bits per heavy atom. The molecule has 1 unspecified atom stereocenters. The second-order valence-electron chi connectivity index (χ2n) is 4.72. The van der Waals surface area contributed by atoms with E-state index in [0.29, 0.717) is 11.4 Å². The third-order valence-corrected chi connectivity index (χ3v) is 4.37. The van der Waals surface area contributed by atoms with Crippen molar-refractivity contribution in [3.8, 4) is 0 Å². The molecule has 1 aromatic heterocycles. The van der Waals surface area contributed by atoms with Crippen LogP contribution in [0.15, 0.2) is 12.1 Å². The molecule has 5 N–H and O–H groups in total. The summed E-state index contributed by atoms with van der Waals surface area (Å²) in [7, 11) is 0.